The number of nitrogens with zero attached hydrogens (tertiary/aromatic N) is 6. The zero-order valence-electron chi connectivity index (χ0n) is 17.5. The predicted molar refractivity (Wildman–Crippen MR) is 133 cm³/mol. The molecule has 0 fully saturated rings. The van der Waals surface area contributed by atoms with Gasteiger partial charge in [-0.05, 0) is 38.4 Å². The van der Waals surface area contributed by atoms with Gasteiger partial charge < -0.3 is 0 Å². The summed E-state index contributed by atoms with van der Waals surface area (Å²) in [6.07, 6.45) is 3.28. The fourth-order valence-electron chi connectivity index (χ4n) is 4.82. The molecule has 6 nitrogen and oxygen atoms in total. The van der Waals surface area contributed by atoms with E-state index in [9.17, 15) is 5.26 Å². The number of rotatable bonds is 0. The number of aromatic nitrogens is 2. The van der Waals surface area contributed by atoms with Gasteiger partial charge in [-0.1, -0.05) is 42.5 Å². The van der Waals surface area contributed by atoms with Gasteiger partial charge in [0.05, 0.1) is 42.4 Å². The Morgan fingerprint density at radius 2 is 1.32 bits per heavy atom. The maximum atomic E-state index is 9.93. The van der Waals surface area contributed by atoms with Gasteiger partial charge in [-0.3, -0.25) is 24.5 Å². The third-order valence-corrected chi connectivity index (χ3v) is 6.22. The molecule has 5 aromatic carbocycles. The van der Waals surface area contributed by atoms with E-state index in [2.05, 4.69) is 36.6 Å². The Labute approximate surface area is 193 Å². The van der Waals surface area contributed by atoms with Crippen molar-refractivity contribution in [1.82, 2.24) is 9.97 Å². The molecule has 0 bridgehead atoms. The Balaban J connectivity index is 2.02. The molecule has 6 rings (SSSR count). The Bertz CT molecular complexity index is 2060. The summed E-state index contributed by atoms with van der Waals surface area (Å²) in [4.78, 5) is 19.8. The van der Waals surface area contributed by atoms with Crippen LogP contribution in [0.4, 0.5) is 17.1 Å². The van der Waals surface area contributed by atoms with Gasteiger partial charge in [0.25, 0.3) is 0 Å². The van der Waals surface area contributed by atoms with Crippen molar-refractivity contribution >= 4 is 71.2 Å². The predicted octanol–water partition coefficient (Wildman–Crippen LogP) is 7.77. The molecule has 0 saturated heterocycles. The fraction of sp³-hybridized carbons (Fsp3) is 0. The standard InChI is InChI=1S/C28H10N6/c1-30-24-20-13-19-21(12-18(20)22(14-29)25(31-2)28(24)32-3)27-26(33-10-11-34-27)17-9-8-15-6-4-5-7-16(15)23(17)19/h4-13H. The van der Waals surface area contributed by atoms with E-state index in [1.165, 1.54) is 0 Å². The molecular formula is C28H10N6. The van der Waals surface area contributed by atoms with Crippen LogP contribution < -0.4 is 0 Å². The molecule has 0 aliphatic rings. The van der Waals surface area contributed by atoms with Crippen LogP contribution in [0.2, 0.25) is 0 Å². The zero-order valence-corrected chi connectivity index (χ0v) is 17.5. The summed E-state index contributed by atoms with van der Waals surface area (Å²) < 4.78 is 0. The van der Waals surface area contributed by atoms with Gasteiger partial charge in [-0.25, -0.2) is 0 Å². The molecule has 6 heteroatoms. The summed E-state index contributed by atoms with van der Waals surface area (Å²) in [6.45, 7) is 23.0. The lowest BCUT2D eigenvalue weighted by Crippen LogP contribution is -1.91. The highest BCUT2D eigenvalue weighted by Crippen LogP contribution is 2.49. The van der Waals surface area contributed by atoms with Crippen LogP contribution in [0.1, 0.15) is 5.56 Å². The third kappa shape index (κ3) is 2.34. The van der Waals surface area contributed by atoms with E-state index in [1.807, 2.05) is 42.5 Å². The lowest BCUT2D eigenvalue weighted by molar-refractivity contribution is 1.31. The maximum Gasteiger partial charge on any atom is 0.202 e. The molecule has 152 valence electrons. The van der Waals surface area contributed by atoms with Crippen molar-refractivity contribution in [2.75, 3.05) is 0 Å². The smallest absolute Gasteiger partial charge is 0.202 e. The largest absolute Gasteiger partial charge is 0.262 e. The first-order chi connectivity index (χ1) is 16.7. The molecule has 1 aromatic heterocycles. The summed E-state index contributed by atoms with van der Waals surface area (Å²) in [5.74, 6) is 0. The molecule has 0 aliphatic heterocycles. The minimum atomic E-state index is -0.0861. The second-order valence-electron chi connectivity index (χ2n) is 7.77. The van der Waals surface area contributed by atoms with Crippen molar-refractivity contribution in [3.8, 4) is 6.07 Å². The SMILES string of the molecule is [C-]#[N+]c1c([N+]#[C-])c([N+]#[C-])c2cc3c(cc2c1C#N)c1nccnc1c1ccc2ccccc2c31. The number of nitriles is 1. The molecule has 6 aromatic rings. The summed E-state index contributed by atoms with van der Waals surface area (Å²) in [6, 6.07) is 17.9. The molecule has 0 N–H and O–H groups in total. The Hall–Kier alpha value is -5.56. The van der Waals surface area contributed by atoms with Crippen LogP contribution in [0.3, 0.4) is 0 Å². The molecule has 0 unspecified atom stereocenters. The second kappa shape index (κ2) is 6.98. The first-order valence-corrected chi connectivity index (χ1v) is 10.3. The van der Waals surface area contributed by atoms with E-state index in [4.69, 9.17) is 19.7 Å². The van der Waals surface area contributed by atoms with Gasteiger partial charge >= 0.3 is 0 Å². The average Bonchev–Trinajstić information content (AvgIpc) is 2.90. The minimum absolute atomic E-state index is 0.0804. The molecule has 0 radical (unpaired) electrons. The van der Waals surface area contributed by atoms with E-state index in [0.29, 0.717) is 16.3 Å². The molecule has 0 saturated carbocycles. The first-order valence-electron chi connectivity index (χ1n) is 10.3. The number of fused-ring (bicyclic) bond motifs is 9. The summed E-state index contributed by atoms with van der Waals surface area (Å²) in [5.41, 5.74) is 1.43. The van der Waals surface area contributed by atoms with E-state index in [1.54, 1.807) is 12.4 Å². The lowest BCUT2D eigenvalue weighted by atomic mass is 9.90. The first kappa shape index (κ1) is 19.1. The van der Waals surface area contributed by atoms with Gasteiger partial charge in [0.1, 0.15) is 0 Å². The van der Waals surface area contributed by atoms with Crippen molar-refractivity contribution in [2.45, 2.75) is 0 Å². The van der Waals surface area contributed by atoms with Gasteiger partial charge in [-0.15, -0.1) is 0 Å². The van der Waals surface area contributed by atoms with Gasteiger partial charge in [0, 0.05) is 23.2 Å². The fourth-order valence-corrected chi connectivity index (χ4v) is 4.82. The van der Waals surface area contributed by atoms with E-state index >= 15 is 0 Å². The third-order valence-electron chi connectivity index (χ3n) is 6.22. The van der Waals surface area contributed by atoms with Crippen LogP contribution in [0.25, 0.3) is 68.7 Å². The molecule has 34 heavy (non-hydrogen) atoms. The Morgan fingerprint density at radius 1 is 0.647 bits per heavy atom. The second-order valence-corrected chi connectivity index (χ2v) is 7.77. The average molecular weight is 430 g/mol. The van der Waals surface area contributed by atoms with Crippen molar-refractivity contribution in [3.63, 3.8) is 0 Å². The normalized spacial score (nSPS) is 10.8. The van der Waals surface area contributed by atoms with Crippen LogP contribution >= 0.6 is 0 Å². The minimum Gasteiger partial charge on any atom is -0.262 e. The Morgan fingerprint density at radius 3 is 2.03 bits per heavy atom. The molecular weight excluding hydrogens is 420 g/mol. The van der Waals surface area contributed by atoms with Crippen LogP contribution in [0, 0.1) is 31.0 Å². The monoisotopic (exact) mass is 430 g/mol. The number of hydrogen-bond donors (Lipinski definition) is 0. The summed E-state index contributed by atoms with van der Waals surface area (Å²) in [7, 11) is 0. The van der Waals surface area contributed by atoms with Crippen LogP contribution in [0.15, 0.2) is 60.9 Å². The zero-order chi connectivity index (χ0) is 23.4. The van der Waals surface area contributed by atoms with Crippen LogP contribution in [-0.4, -0.2) is 9.97 Å². The number of hydrogen-bond acceptors (Lipinski definition) is 3. The molecule has 0 aliphatic carbocycles. The van der Waals surface area contributed by atoms with Gasteiger partial charge in [-0.2, -0.15) is 5.26 Å². The van der Waals surface area contributed by atoms with Crippen LogP contribution in [0.5, 0.6) is 0 Å². The van der Waals surface area contributed by atoms with Crippen molar-refractivity contribution in [2.24, 2.45) is 0 Å². The maximum absolute atomic E-state index is 9.93. The molecule has 0 spiro atoms. The van der Waals surface area contributed by atoms with Crippen molar-refractivity contribution in [1.29, 1.82) is 5.26 Å². The highest BCUT2D eigenvalue weighted by atomic mass is 14.8. The van der Waals surface area contributed by atoms with Gasteiger partial charge in [0.15, 0.2) is 5.69 Å². The van der Waals surface area contributed by atoms with Crippen LogP contribution in [-0.2, 0) is 0 Å². The van der Waals surface area contributed by atoms with E-state index < -0.39 is 0 Å². The number of benzene rings is 5. The molecule has 0 amide bonds. The van der Waals surface area contributed by atoms with Crippen molar-refractivity contribution in [3.05, 3.63) is 101 Å². The van der Waals surface area contributed by atoms with E-state index in [0.717, 1.165) is 37.8 Å². The lowest BCUT2D eigenvalue weighted by Gasteiger charge is -2.15. The summed E-state index contributed by atoms with van der Waals surface area (Å²) >= 11 is 0. The quantitative estimate of drug-likeness (QED) is 0.140. The molecule has 1 heterocycles. The van der Waals surface area contributed by atoms with Crippen molar-refractivity contribution < 1.29 is 0 Å². The topological polar surface area (TPSA) is 62.7 Å². The highest BCUT2D eigenvalue weighted by molar-refractivity contribution is 6.32. The van der Waals surface area contributed by atoms with E-state index in [-0.39, 0.29) is 22.6 Å². The van der Waals surface area contributed by atoms with Gasteiger partial charge in [0.2, 0.25) is 11.4 Å². The highest BCUT2D eigenvalue weighted by Gasteiger charge is 2.22. The summed E-state index contributed by atoms with van der Waals surface area (Å²) in [5, 5.41) is 16.5. The Kier molecular flexibility index (Phi) is 3.93. The molecule has 0 atom stereocenters.